The maximum Gasteiger partial charge on any atom is 0.328 e. The number of hydrogen-bond acceptors (Lipinski definition) is 4. The quantitative estimate of drug-likeness (QED) is 0.505. The zero-order chi connectivity index (χ0) is 13.0. The Bertz CT molecular complexity index is 287. The Morgan fingerprint density at radius 2 is 2.06 bits per heavy atom. The molecule has 0 aromatic carbocycles. The van der Waals surface area contributed by atoms with Gasteiger partial charge >= 0.3 is 5.97 Å². The van der Waals surface area contributed by atoms with Crippen LogP contribution in [0.15, 0.2) is 0 Å². The molecule has 0 aliphatic heterocycles. The lowest BCUT2D eigenvalue weighted by Crippen LogP contribution is -2.55. The van der Waals surface area contributed by atoms with Crippen LogP contribution in [0.3, 0.4) is 0 Å². The van der Waals surface area contributed by atoms with E-state index in [1.54, 1.807) is 0 Å². The van der Waals surface area contributed by atoms with Crippen LogP contribution in [0.5, 0.6) is 0 Å². The van der Waals surface area contributed by atoms with Crippen molar-refractivity contribution in [2.75, 3.05) is 19.8 Å². The summed E-state index contributed by atoms with van der Waals surface area (Å²) in [6.45, 7) is 5.31. The van der Waals surface area contributed by atoms with Crippen molar-refractivity contribution in [1.82, 2.24) is 5.32 Å². The average molecular weight is 255 g/mol. The molecule has 0 spiro atoms. The number of carbonyl (C=O) groups excluding carboxylic acids is 1. The molecule has 4 nitrogen and oxygen atoms in total. The zero-order valence-corrected chi connectivity index (χ0v) is 11.5. The van der Waals surface area contributed by atoms with E-state index in [0.29, 0.717) is 19.3 Å². The molecular weight excluding hydrogens is 230 g/mol. The van der Waals surface area contributed by atoms with Gasteiger partial charge < -0.3 is 9.47 Å². The van der Waals surface area contributed by atoms with Gasteiger partial charge in [-0.15, -0.1) is 0 Å². The molecule has 0 bridgehead atoms. The fraction of sp³-hybridized carbons (Fsp3) is 0.929. The molecule has 1 atom stereocenters. The number of hydrogen-bond donors (Lipinski definition) is 1. The summed E-state index contributed by atoms with van der Waals surface area (Å²) in [5, 5.41) is 3.36. The van der Waals surface area contributed by atoms with Crippen molar-refractivity contribution in [3.8, 4) is 0 Å². The fourth-order valence-electron chi connectivity index (χ4n) is 2.06. The molecular formula is C14H25NO3. The molecule has 0 radical (unpaired) electrons. The third kappa shape index (κ3) is 4.25. The summed E-state index contributed by atoms with van der Waals surface area (Å²) in [7, 11) is 0. The molecule has 1 unspecified atom stereocenters. The molecule has 104 valence electrons. The van der Waals surface area contributed by atoms with Crippen molar-refractivity contribution in [2.24, 2.45) is 5.92 Å². The lowest BCUT2D eigenvalue weighted by atomic mass is 10.0. The molecule has 1 N–H and O–H groups in total. The monoisotopic (exact) mass is 255 g/mol. The van der Waals surface area contributed by atoms with Gasteiger partial charge in [-0.2, -0.15) is 0 Å². The Morgan fingerprint density at radius 3 is 2.61 bits per heavy atom. The standard InChI is InChI=1S/C14H25NO3/c1-3-18-13(16)14(2,15-12-6-7-12)10-17-9-8-11-4-5-11/h11-12,15H,3-10H2,1-2H3. The Labute approximate surface area is 109 Å². The lowest BCUT2D eigenvalue weighted by molar-refractivity contribution is -0.153. The van der Waals surface area contributed by atoms with Crippen LogP contribution in [0.1, 0.15) is 46.0 Å². The Morgan fingerprint density at radius 1 is 1.33 bits per heavy atom. The first kappa shape index (κ1) is 13.8. The highest BCUT2D eigenvalue weighted by Gasteiger charge is 2.40. The van der Waals surface area contributed by atoms with E-state index in [1.165, 1.54) is 12.8 Å². The Hall–Kier alpha value is -0.610. The van der Waals surface area contributed by atoms with E-state index in [0.717, 1.165) is 31.8 Å². The Balaban J connectivity index is 1.75. The van der Waals surface area contributed by atoms with E-state index in [9.17, 15) is 4.79 Å². The van der Waals surface area contributed by atoms with Crippen LogP contribution < -0.4 is 5.32 Å². The predicted molar refractivity (Wildman–Crippen MR) is 69.4 cm³/mol. The maximum atomic E-state index is 12.0. The van der Waals surface area contributed by atoms with Gasteiger partial charge in [-0.05, 0) is 39.0 Å². The minimum Gasteiger partial charge on any atom is -0.465 e. The first-order chi connectivity index (χ1) is 8.64. The highest BCUT2D eigenvalue weighted by molar-refractivity contribution is 5.80. The van der Waals surface area contributed by atoms with E-state index in [2.05, 4.69) is 5.32 Å². The summed E-state index contributed by atoms with van der Waals surface area (Å²) in [4.78, 5) is 12.0. The Kier molecular flexibility index (Phi) is 4.62. The molecule has 0 amide bonds. The molecule has 2 fully saturated rings. The number of nitrogens with one attached hydrogen (secondary N) is 1. The van der Waals surface area contributed by atoms with Gasteiger partial charge in [0, 0.05) is 12.6 Å². The predicted octanol–water partition coefficient (Wildman–Crippen LogP) is 1.88. The van der Waals surface area contributed by atoms with Crippen molar-refractivity contribution >= 4 is 5.97 Å². The molecule has 0 saturated heterocycles. The zero-order valence-electron chi connectivity index (χ0n) is 11.5. The first-order valence-electron chi connectivity index (χ1n) is 7.16. The van der Waals surface area contributed by atoms with Gasteiger partial charge in [0.15, 0.2) is 0 Å². The second kappa shape index (κ2) is 6.02. The summed E-state index contributed by atoms with van der Waals surface area (Å²) in [5.74, 6) is 0.679. The SMILES string of the molecule is CCOC(=O)C(C)(COCCC1CC1)NC1CC1. The summed E-state index contributed by atoms with van der Waals surface area (Å²) < 4.78 is 10.8. The normalized spacial score (nSPS) is 22.6. The van der Waals surface area contributed by atoms with Gasteiger partial charge in [0.25, 0.3) is 0 Å². The molecule has 2 rings (SSSR count). The third-order valence-corrected chi connectivity index (χ3v) is 3.58. The lowest BCUT2D eigenvalue weighted by Gasteiger charge is -2.28. The van der Waals surface area contributed by atoms with Crippen LogP contribution in [0.25, 0.3) is 0 Å². The smallest absolute Gasteiger partial charge is 0.328 e. The minimum atomic E-state index is -0.680. The molecule has 2 aliphatic rings. The molecule has 0 heterocycles. The van der Waals surface area contributed by atoms with E-state index in [4.69, 9.17) is 9.47 Å². The third-order valence-electron chi connectivity index (χ3n) is 3.58. The summed E-state index contributed by atoms with van der Waals surface area (Å²) in [6, 6.07) is 0.464. The van der Waals surface area contributed by atoms with Crippen LogP contribution >= 0.6 is 0 Å². The van der Waals surface area contributed by atoms with Crippen LogP contribution in [-0.4, -0.2) is 37.4 Å². The van der Waals surface area contributed by atoms with Gasteiger partial charge in [0.1, 0.15) is 5.54 Å². The molecule has 0 aromatic rings. The van der Waals surface area contributed by atoms with E-state index in [1.807, 2.05) is 13.8 Å². The molecule has 0 aromatic heterocycles. The number of ether oxygens (including phenoxy) is 2. The van der Waals surface area contributed by atoms with E-state index >= 15 is 0 Å². The van der Waals surface area contributed by atoms with Crippen molar-refractivity contribution in [1.29, 1.82) is 0 Å². The van der Waals surface area contributed by atoms with Crippen molar-refractivity contribution in [3.63, 3.8) is 0 Å². The van der Waals surface area contributed by atoms with E-state index < -0.39 is 5.54 Å². The van der Waals surface area contributed by atoms with E-state index in [-0.39, 0.29) is 5.97 Å². The molecule has 4 heteroatoms. The van der Waals surface area contributed by atoms with Gasteiger partial charge in [0.05, 0.1) is 13.2 Å². The van der Waals surface area contributed by atoms with Crippen LogP contribution in [-0.2, 0) is 14.3 Å². The van der Waals surface area contributed by atoms with Crippen molar-refractivity contribution in [2.45, 2.75) is 57.5 Å². The first-order valence-corrected chi connectivity index (χ1v) is 7.16. The maximum absolute atomic E-state index is 12.0. The second-order valence-corrected chi connectivity index (χ2v) is 5.76. The number of esters is 1. The molecule has 2 aliphatic carbocycles. The highest BCUT2D eigenvalue weighted by Crippen LogP contribution is 2.32. The number of rotatable bonds is 9. The highest BCUT2D eigenvalue weighted by atomic mass is 16.5. The topological polar surface area (TPSA) is 47.6 Å². The van der Waals surface area contributed by atoms with Crippen LogP contribution in [0.4, 0.5) is 0 Å². The summed E-state index contributed by atoms with van der Waals surface area (Å²) >= 11 is 0. The molecule has 18 heavy (non-hydrogen) atoms. The van der Waals surface area contributed by atoms with Crippen molar-refractivity contribution in [3.05, 3.63) is 0 Å². The van der Waals surface area contributed by atoms with Crippen molar-refractivity contribution < 1.29 is 14.3 Å². The summed E-state index contributed by atoms with van der Waals surface area (Å²) in [6.07, 6.45) is 6.12. The largest absolute Gasteiger partial charge is 0.465 e. The second-order valence-electron chi connectivity index (χ2n) is 5.76. The minimum absolute atomic E-state index is 0.191. The average Bonchev–Trinajstić information content (AvgIpc) is 3.20. The van der Waals surface area contributed by atoms with Crippen LogP contribution in [0.2, 0.25) is 0 Å². The van der Waals surface area contributed by atoms with Gasteiger partial charge in [-0.3, -0.25) is 5.32 Å². The van der Waals surface area contributed by atoms with Gasteiger partial charge in [0.2, 0.25) is 0 Å². The van der Waals surface area contributed by atoms with Crippen LogP contribution in [0, 0.1) is 5.92 Å². The van der Waals surface area contributed by atoms with Gasteiger partial charge in [-0.25, -0.2) is 4.79 Å². The van der Waals surface area contributed by atoms with Gasteiger partial charge in [-0.1, -0.05) is 12.8 Å². The fourth-order valence-corrected chi connectivity index (χ4v) is 2.06. The molecule has 2 saturated carbocycles. The summed E-state index contributed by atoms with van der Waals surface area (Å²) in [5.41, 5.74) is -0.680. The number of carbonyl (C=O) groups is 1.